The minimum atomic E-state index is 0.236. The molecule has 1 aliphatic heterocycles. The van der Waals surface area contributed by atoms with Crippen molar-refractivity contribution in [1.82, 2.24) is 5.32 Å². The van der Waals surface area contributed by atoms with Crippen LogP contribution in [-0.2, 0) is 0 Å². The van der Waals surface area contributed by atoms with Gasteiger partial charge in [0, 0.05) is 17.5 Å². The summed E-state index contributed by atoms with van der Waals surface area (Å²) in [6.45, 7) is 7.61. The molecule has 0 saturated carbocycles. The Morgan fingerprint density at radius 1 is 1.31 bits per heavy atom. The molecule has 2 atom stereocenters. The second kappa shape index (κ2) is 4.10. The Labute approximate surface area is 98.0 Å². The highest BCUT2D eigenvalue weighted by Gasteiger charge is 2.36. The van der Waals surface area contributed by atoms with Gasteiger partial charge in [-0.15, -0.1) is 0 Å². The first-order chi connectivity index (χ1) is 7.54. The summed E-state index contributed by atoms with van der Waals surface area (Å²) in [5.41, 5.74) is 1.58. The molecule has 1 aromatic rings. The van der Waals surface area contributed by atoms with Gasteiger partial charge in [0.1, 0.15) is 5.75 Å². The van der Waals surface area contributed by atoms with Crippen molar-refractivity contribution in [2.24, 2.45) is 5.41 Å². The quantitative estimate of drug-likeness (QED) is 0.826. The van der Waals surface area contributed by atoms with Crippen LogP contribution in [0, 0.1) is 5.41 Å². The first-order valence-electron chi connectivity index (χ1n) is 5.93. The van der Waals surface area contributed by atoms with Gasteiger partial charge < -0.3 is 10.1 Å². The average Bonchev–Trinajstić information content (AvgIpc) is 2.61. The van der Waals surface area contributed by atoms with E-state index in [0.717, 1.165) is 12.4 Å². The third kappa shape index (κ3) is 1.94. The van der Waals surface area contributed by atoms with E-state index in [4.69, 9.17) is 4.74 Å². The van der Waals surface area contributed by atoms with Crippen LogP contribution in [0.3, 0.4) is 0 Å². The largest absolute Gasteiger partial charge is 0.493 e. The molecule has 0 aromatic heterocycles. The summed E-state index contributed by atoms with van der Waals surface area (Å²) in [5.74, 6) is 1.51. The van der Waals surface area contributed by atoms with Gasteiger partial charge in [0.15, 0.2) is 0 Å². The van der Waals surface area contributed by atoms with Gasteiger partial charge in [-0.3, -0.25) is 0 Å². The summed E-state index contributed by atoms with van der Waals surface area (Å²) in [6, 6.07) is 8.81. The van der Waals surface area contributed by atoms with Crippen molar-refractivity contribution >= 4 is 0 Å². The van der Waals surface area contributed by atoms with Gasteiger partial charge in [-0.2, -0.15) is 0 Å². The van der Waals surface area contributed by atoms with E-state index >= 15 is 0 Å². The number of likely N-dealkylation sites (N-methyl/N-ethyl adjacent to an activating group) is 1. The van der Waals surface area contributed by atoms with Crippen molar-refractivity contribution in [2.75, 3.05) is 13.7 Å². The monoisotopic (exact) mass is 219 g/mol. The first-order valence-corrected chi connectivity index (χ1v) is 5.93. The van der Waals surface area contributed by atoms with E-state index in [0.29, 0.717) is 12.0 Å². The van der Waals surface area contributed by atoms with E-state index < -0.39 is 0 Å². The lowest BCUT2D eigenvalue weighted by atomic mass is 9.77. The number of nitrogens with one attached hydrogen (secondary N) is 1. The second-order valence-corrected chi connectivity index (χ2v) is 5.59. The third-order valence-electron chi connectivity index (χ3n) is 3.38. The van der Waals surface area contributed by atoms with Crippen LogP contribution in [0.25, 0.3) is 0 Å². The van der Waals surface area contributed by atoms with Gasteiger partial charge in [-0.1, -0.05) is 39.0 Å². The number of benzene rings is 1. The van der Waals surface area contributed by atoms with Crippen LogP contribution in [0.1, 0.15) is 32.3 Å². The fourth-order valence-electron chi connectivity index (χ4n) is 2.70. The molecule has 16 heavy (non-hydrogen) atoms. The Kier molecular flexibility index (Phi) is 2.94. The van der Waals surface area contributed by atoms with Crippen molar-refractivity contribution in [3.63, 3.8) is 0 Å². The predicted molar refractivity (Wildman–Crippen MR) is 67.0 cm³/mol. The van der Waals surface area contributed by atoms with Crippen molar-refractivity contribution in [3.8, 4) is 5.75 Å². The molecule has 0 saturated heterocycles. The van der Waals surface area contributed by atoms with Gasteiger partial charge >= 0.3 is 0 Å². The maximum Gasteiger partial charge on any atom is 0.122 e. The molecule has 1 aromatic carbocycles. The average molecular weight is 219 g/mol. The van der Waals surface area contributed by atoms with Crippen LogP contribution in [0.5, 0.6) is 5.75 Å². The van der Waals surface area contributed by atoms with E-state index in [9.17, 15) is 0 Å². The molecule has 0 spiro atoms. The van der Waals surface area contributed by atoms with Crippen molar-refractivity contribution < 1.29 is 4.74 Å². The summed E-state index contributed by atoms with van der Waals surface area (Å²) in [6.07, 6.45) is 0. The summed E-state index contributed by atoms with van der Waals surface area (Å²) in [5, 5.41) is 3.44. The van der Waals surface area contributed by atoms with Crippen LogP contribution < -0.4 is 10.1 Å². The SMILES string of the molecule is CNC(C1COc2ccccc21)C(C)(C)C. The highest BCUT2D eigenvalue weighted by Crippen LogP contribution is 2.40. The number of rotatable bonds is 2. The molecule has 0 amide bonds. The lowest BCUT2D eigenvalue weighted by Crippen LogP contribution is -2.43. The van der Waals surface area contributed by atoms with Gasteiger partial charge in [-0.05, 0) is 18.5 Å². The summed E-state index contributed by atoms with van der Waals surface area (Å²) in [4.78, 5) is 0. The Balaban J connectivity index is 2.30. The van der Waals surface area contributed by atoms with Crippen molar-refractivity contribution in [2.45, 2.75) is 32.7 Å². The van der Waals surface area contributed by atoms with Crippen LogP contribution in [0.2, 0.25) is 0 Å². The smallest absolute Gasteiger partial charge is 0.122 e. The highest BCUT2D eigenvalue weighted by atomic mass is 16.5. The molecule has 2 heteroatoms. The van der Waals surface area contributed by atoms with Gasteiger partial charge in [0.05, 0.1) is 6.61 Å². The standard InChI is InChI=1S/C14H21NO/c1-14(2,3)13(15-4)11-9-16-12-8-6-5-7-10(11)12/h5-8,11,13,15H,9H2,1-4H3. The summed E-state index contributed by atoms with van der Waals surface area (Å²) >= 11 is 0. The molecular weight excluding hydrogens is 198 g/mol. The highest BCUT2D eigenvalue weighted by molar-refractivity contribution is 5.40. The van der Waals surface area contributed by atoms with Gasteiger partial charge in [0.2, 0.25) is 0 Å². The Bertz CT molecular complexity index is 367. The molecular formula is C14H21NO. The first kappa shape index (κ1) is 11.5. The van der Waals surface area contributed by atoms with E-state index in [1.807, 2.05) is 13.1 Å². The second-order valence-electron chi connectivity index (χ2n) is 5.59. The molecule has 0 aliphatic carbocycles. The van der Waals surface area contributed by atoms with Crippen LogP contribution in [-0.4, -0.2) is 19.7 Å². The molecule has 2 nitrogen and oxygen atoms in total. The zero-order valence-corrected chi connectivity index (χ0v) is 10.6. The number of hydrogen-bond acceptors (Lipinski definition) is 2. The molecule has 2 unspecified atom stereocenters. The number of fused-ring (bicyclic) bond motifs is 1. The number of para-hydroxylation sites is 1. The Hall–Kier alpha value is -1.02. The fraction of sp³-hybridized carbons (Fsp3) is 0.571. The Morgan fingerprint density at radius 3 is 2.62 bits per heavy atom. The maximum atomic E-state index is 5.75. The lowest BCUT2D eigenvalue weighted by Gasteiger charge is -2.34. The summed E-state index contributed by atoms with van der Waals surface area (Å²) in [7, 11) is 2.04. The Morgan fingerprint density at radius 2 is 2.00 bits per heavy atom. The predicted octanol–water partition coefficient (Wildman–Crippen LogP) is 2.80. The third-order valence-corrected chi connectivity index (χ3v) is 3.38. The minimum absolute atomic E-state index is 0.236. The normalized spacial score (nSPS) is 21.4. The van der Waals surface area contributed by atoms with Crippen LogP contribution >= 0.6 is 0 Å². The molecule has 2 rings (SSSR count). The van der Waals surface area contributed by atoms with E-state index in [2.05, 4.69) is 44.3 Å². The minimum Gasteiger partial charge on any atom is -0.493 e. The lowest BCUT2D eigenvalue weighted by molar-refractivity contribution is 0.212. The zero-order valence-electron chi connectivity index (χ0n) is 10.6. The molecule has 1 heterocycles. The maximum absolute atomic E-state index is 5.75. The topological polar surface area (TPSA) is 21.3 Å². The molecule has 1 N–H and O–H groups in total. The van der Waals surface area contributed by atoms with E-state index in [1.54, 1.807) is 0 Å². The van der Waals surface area contributed by atoms with E-state index in [-0.39, 0.29) is 5.41 Å². The molecule has 0 bridgehead atoms. The fourth-order valence-corrected chi connectivity index (χ4v) is 2.70. The number of hydrogen-bond donors (Lipinski definition) is 1. The zero-order chi connectivity index (χ0) is 11.8. The van der Waals surface area contributed by atoms with E-state index in [1.165, 1.54) is 5.56 Å². The molecule has 0 radical (unpaired) electrons. The van der Waals surface area contributed by atoms with Gasteiger partial charge in [-0.25, -0.2) is 0 Å². The molecule has 0 fully saturated rings. The van der Waals surface area contributed by atoms with Crippen LogP contribution in [0.15, 0.2) is 24.3 Å². The van der Waals surface area contributed by atoms with Crippen LogP contribution in [0.4, 0.5) is 0 Å². The number of ether oxygens (including phenoxy) is 1. The van der Waals surface area contributed by atoms with Gasteiger partial charge in [0.25, 0.3) is 0 Å². The van der Waals surface area contributed by atoms with Crippen molar-refractivity contribution in [3.05, 3.63) is 29.8 Å². The summed E-state index contributed by atoms with van der Waals surface area (Å²) < 4.78 is 5.75. The van der Waals surface area contributed by atoms with Crippen molar-refractivity contribution in [1.29, 1.82) is 0 Å². The molecule has 88 valence electrons. The molecule has 1 aliphatic rings.